The first-order valence-electron chi connectivity index (χ1n) is 5.89. The highest BCUT2D eigenvalue weighted by Gasteiger charge is 2.11. The Hall–Kier alpha value is -1.85. The number of nitrogens with zero attached hydrogens (tertiary/aromatic N) is 1. The van der Waals surface area contributed by atoms with Gasteiger partial charge in [0.1, 0.15) is 5.82 Å². The fourth-order valence-electron chi connectivity index (χ4n) is 1.99. The SMILES string of the molecule is CS(=O)(=O)c1ccc2nc(-c3cccc(Cl)c3)[nH]c2c1. The van der Waals surface area contributed by atoms with Gasteiger partial charge in [-0.25, -0.2) is 13.4 Å². The predicted molar refractivity (Wildman–Crippen MR) is 79.6 cm³/mol. The summed E-state index contributed by atoms with van der Waals surface area (Å²) in [4.78, 5) is 7.83. The van der Waals surface area contributed by atoms with Gasteiger partial charge in [0.2, 0.25) is 0 Å². The summed E-state index contributed by atoms with van der Waals surface area (Å²) in [7, 11) is -3.23. The standard InChI is InChI=1S/C14H11ClN2O2S/c1-20(18,19)11-5-6-12-13(8-11)17-14(16-12)9-3-2-4-10(15)7-9/h2-8H,1H3,(H,16,17). The molecule has 6 heteroatoms. The summed E-state index contributed by atoms with van der Waals surface area (Å²) in [6, 6.07) is 12.2. The Bertz CT molecular complexity index is 900. The average Bonchev–Trinajstić information content (AvgIpc) is 2.80. The number of rotatable bonds is 2. The van der Waals surface area contributed by atoms with Gasteiger partial charge in [-0.1, -0.05) is 23.7 Å². The number of fused-ring (bicyclic) bond motifs is 1. The van der Waals surface area contributed by atoms with Crippen LogP contribution in [0.5, 0.6) is 0 Å². The van der Waals surface area contributed by atoms with E-state index in [2.05, 4.69) is 9.97 Å². The molecule has 3 aromatic rings. The molecule has 0 fully saturated rings. The van der Waals surface area contributed by atoms with E-state index in [1.165, 1.54) is 6.26 Å². The molecule has 0 aliphatic heterocycles. The van der Waals surface area contributed by atoms with Gasteiger partial charge in [-0.2, -0.15) is 0 Å². The van der Waals surface area contributed by atoms with Crippen molar-refractivity contribution in [2.45, 2.75) is 4.90 Å². The van der Waals surface area contributed by atoms with Crippen molar-refractivity contribution in [1.29, 1.82) is 0 Å². The number of hydrogen-bond acceptors (Lipinski definition) is 3. The van der Waals surface area contributed by atoms with E-state index in [1.54, 1.807) is 30.3 Å². The van der Waals surface area contributed by atoms with Crippen LogP contribution in [0.4, 0.5) is 0 Å². The maximum Gasteiger partial charge on any atom is 0.175 e. The third kappa shape index (κ3) is 2.42. The zero-order valence-electron chi connectivity index (χ0n) is 10.6. The molecule has 3 rings (SSSR count). The van der Waals surface area contributed by atoms with Crippen molar-refractivity contribution < 1.29 is 8.42 Å². The molecule has 0 aliphatic carbocycles. The summed E-state index contributed by atoms with van der Waals surface area (Å²) < 4.78 is 23.1. The molecule has 1 N–H and O–H groups in total. The lowest BCUT2D eigenvalue weighted by molar-refractivity contribution is 0.602. The van der Waals surface area contributed by atoms with Crippen LogP contribution in [0.2, 0.25) is 5.02 Å². The van der Waals surface area contributed by atoms with Gasteiger partial charge in [0.25, 0.3) is 0 Å². The topological polar surface area (TPSA) is 62.8 Å². The molecule has 20 heavy (non-hydrogen) atoms. The Morgan fingerprint density at radius 1 is 1.15 bits per heavy atom. The Kier molecular flexibility index (Phi) is 3.03. The van der Waals surface area contributed by atoms with E-state index in [0.29, 0.717) is 21.9 Å². The van der Waals surface area contributed by atoms with Crippen molar-refractivity contribution in [3.8, 4) is 11.4 Å². The number of hydrogen-bond donors (Lipinski definition) is 1. The van der Waals surface area contributed by atoms with Crippen molar-refractivity contribution in [3.05, 3.63) is 47.5 Å². The highest BCUT2D eigenvalue weighted by molar-refractivity contribution is 7.90. The van der Waals surface area contributed by atoms with Crippen molar-refractivity contribution in [3.63, 3.8) is 0 Å². The van der Waals surface area contributed by atoms with Gasteiger partial charge in [0.05, 0.1) is 15.9 Å². The van der Waals surface area contributed by atoms with E-state index >= 15 is 0 Å². The van der Waals surface area contributed by atoms with Gasteiger partial charge in [-0.3, -0.25) is 0 Å². The Labute approximate surface area is 121 Å². The van der Waals surface area contributed by atoms with Gasteiger partial charge in [0.15, 0.2) is 9.84 Å². The quantitative estimate of drug-likeness (QED) is 0.790. The highest BCUT2D eigenvalue weighted by atomic mass is 35.5. The van der Waals surface area contributed by atoms with Crippen LogP contribution < -0.4 is 0 Å². The maximum absolute atomic E-state index is 11.5. The van der Waals surface area contributed by atoms with Crippen LogP contribution in [0, 0.1) is 0 Å². The van der Waals surface area contributed by atoms with Crippen LogP contribution in [0.3, 0.4) is 0 Å². The molecule has 0 radical (unpaired) electrons. The Morgan fingerprint density at radius 2 is 1.95 bits per heavy atom. The molecule has 0 bridgehead atoms. The van der Waals surface area contributed by atoms with Crippen molar-refractivity contribution in [2.24, 2.45) is 0 Å². The van der Waals surface area contributed by atoms with E-state index < -0.39 is 9.84 Å². The van der Waals surface area contributed by atoms with Crippen LogP contribution in [0.15, 0.2) is 47.4 Å². The van der Waals surface area contributed by atoms with Crippen LogP contribution >= 0.6 is 11.6 Å². The fraction of sp³-hybridized carbons (Fsp3) is 0.0714. The summed E-state index contributed by atoms with van der Waals surface area (Å²) in [5.41, 5.74) is 2.25. The third-order valence-electron chi connectivity index (χ3n) is 2.98. The Morgan fingerprint density at radius 3 is 2.65 bits per heavy atom. The lowest BCUT2D eigenvalue weighted by Crippen LogP contribution is -1.96. The molecular weight excluding hydrogens is 296 g/mol. The molecule has 0 amide bonds. The van der Waals surface area contributed by atoms with Crippen LogP contribution in [0.25, 0.3) is 22.4 Å². The van der Waals surface area contributed by atoms with E-state index in [4.69, 9.17) is 11.6 Å². The van der Waals surface area contributed by atoms with Crippen molar-refractivity contribution >= 4 is 32.5 Å². The first-order valence-corrected chi connectivity index (χ1v) is 8.16. The smallest absolute Gasteiger partial charge is 0.175 e. The number of nitrogens with one attached hydrogen (secondary N) is 1. The molecule has 0 saturated carbocycles. The minimum Gasteiger partial charge on any atom is -0.338 e. The number of aromatic amines is 1. The second kappa shape index (κ2) is 4.61. The molecule has 2 aromatic carbocycles. The third-order valence-corrected chi connectivity index (χ3v) is 4.32. The summed E-state index contributed by atoms with van der Waals surface area (Å²) >= 11 is 5.96. The normalized spacial score (nSPS) is 11.9. The molecule has 0 saturated heterocycles. The summed E-state index contributed by atoms with van der Waals surface area (Å²) in [6.45, 7) is 0. The molecule has 102 valence electrons. The first-order chi connectivity index (χ1) is 9.43. The van der Waals surface area contributed by atoms with Crippen molar-refractivity contribution in [2.75, 3.05) is 6.26 Å². The Balaban J connectivity index is 2.16. The van der Waals surface area contributed by atoms with Gasteiger partial charge in [-0.15, -0.1) is 0 Å². The molecular formula is C14H11ClN2O2S. The van der Waals surface area contributed by atoms with Crippen LogP contribution in [-0.2, 0) is 9.84 Å². The molecule has 1 aromatic heterocycles. The predicted octanol–water partition coefficient (Wildman–Crippen LogP) is 3.29. The maximum atomic E-state index is 11.5. The molecule has 0 aliphatic rings. The zero-order chi connectivity index (χ0) is 14.3. The molecule has 0 unspecified atom stereocenters. The summed E-state index contributed by atoms with van der Waals surface area (Å²) in [6.07, 6.45) is 1.18. The van der Waals surface area contributed by atoms with Gasteiger partial charge in [-0.05, 0) is 30.3 Å². The average molecular weight is 307 g/mol. The van der Waals surface area contributed by atoms with Gasteiger partial charge in [0, 0.05) is 16.8 Å². The van der Waals surface area contributed by atoms with E-state index in [0.717, 1.165) is 5.56 Å². The number of sulfone groups is 1. The number of H-pyrrole nitrogens is 1. The van der Waals surface area contributed by atoms with E-state index in [1.807, 2.05) is 12.1 Å². The largest absolute Gasteiger partial charge is 0.338 e. The molecule has 4 nitrogen and oxygen atoms in total. The second-order valence-electron chi connectivity index (χ2n) is 4.55. The first kappa shape index (κ1) is 13.1. The van der Waals surface area contributed by atoms with E-state index in [-0.39, 0.29) is 4.90 Å². The lowest BCUT2D eigenvalue weighted by Gasteiger charge is -1.97. The fourth-order valence-corrected chi connectivity index (χ4v) is 2.83. The molecule has 1 heterocycles. The van der Waals surface area contributed by atoms with Gasteiger partial charge < -0.3 is 4.98 Å². The van der Waals surface area contributed by atoms with Crippen molar-refractivity contribution in [1.82, 2.24) is 9.97 Å². The van der Waals surface area contributed by atoms with E-state index in [9.17, 15) is 8.42 Å². The number of halogens is 1. The number of benzene rings is 2. The van der Waals surface area contributed by atoms with Gasteiger partial charge >= 0.3 is 0 Å². The summed E-state index contributed by atoms with van der Waals surface area (Å²) in [5.74, 6) is 0.660. The summed E-state index contributed by atoms with van der Waals surface area (Å²) in [5, 5.41) is 0.625. The monoisotopic (exact) mass is 306 g/mol. The number of imidazole rings is 1. The minimum atomic E-state index is -3.23. The highest BCUT2D eigenvalue weighted by Crippen LogP contribution is 2.24. The minimum absolute atomic E-state index is 0.270. The second-order valence-corrected chi connectivity index (χ2v) is 7.00. The molecule has 0 atom stereocenters. The van der Waals surface area contributed by atoms with Crippen LogP contribution in [-0.4, -0.2) is 24.6 Å². The number of aromatic nitrogens is 2. The molecule has 0 spiro atoms. The lowest BCUT2D eigenvalue weighted by atomic mass is 10.2. The van der Waals surface area contributed by atoms with Crippen LogP contribution in [0.1, 0.15) is 0 Å². The zero-order valence-corrected chi connectivity index (χ0v) is 12.2.